The molecule has 0 fully saturated rings. The van der Waals surface area contributed by atoms with Crippen LogP contribution in [0.2, 0.25) is 0 Å². The van der Waals surface area contributed by atoms with Crippen LogP contribution >= 0.6 is 0 Å². The van der Waals surface area contributed by atoms with Crippen LogP contribution < -0.4 is 10.5 Å². The van der Waals surface area contributed by atoms with Crippen molar-refractivity contribution in [3.8, 4) is 0 Å². The Balaban J connectivity index is 2.38. The van der Waals surface area contributed by atoms with Crippen molar-refractivity contribution < 1.29 is 13.2 Å². The molecule has 0 aliphatic rings. The molecule has 0 aliphatic heterocycles. The molecule has 3 N–H and O–H groups in total. The highest BCUT2D eigenvalue weighted by Gasteiger charge is 2.24. The first-order valence-electron chi connectivity index (χ1n) is 7.25. The summed E-state index contributed by atoms with van der Waals surface area (Å²) in [6.45, 7) is 1.97. The molecular weight excluding hydrogens is 300 g/mol. The van der Waals surface area contributed by atoms with Gasteiger partial charge in [-0.05, 0) is 17.9 Å². The number of amides is 1. The average molecular weight is 320 g/mol. The van der Waals surface area contributed by atoms with Gasteiger partial charge in [-0.2, -0.15) is 4.72 Å². The maximum absolute atomic E-state index is 12.6. The van der Waals surface area contributed by atoms with Crippen LogP contribution in [0.5, 0.6) is 0 Å². The van der Waals surface area contributed by atoms with Crippen LogP contribution in [-0.2, 0) is 14.8 Å². The zero-order valence-electron chi connectivity index (χ0n) is 12.5. The maximum atomic E-state index is 12.6. The maximum Gasteiger partial charge on any atom is 0.241 e. The third-order valence-corrected chi connectivity index (χ3v) is 5.06. The molecule has 0 bridgehead atoms. The van der Waals surface area contributed by atoms with Gasteiger partial charge in [-0.25, -0.2) is 8.42 Å². The molecular formula is C16H20N2O3S. The summed E-state index contributed by atoms with van der Waals surface area (Å²) in [7, 11) is -3.81. The van der Waals surface area contributed by atoms with Crippen molar-refractivity contribution in [2.45, 2.75) is 37.1 Å². The number of hydrogen-bond donors (Lipinski definition) is 2. The molecule has 22 heavy (non-hydrogen) atoms. The second kappa shape index (κ2) is 6.89. The lowest BCUT2D eigenvalue weighted by molar-refractivity contribution is -0.119. The topological polar surface area (TPSA) is 89.3 Å². The Kier molecular flexibility index (Phi) is 5.15. The van der Waals surface area contributed by atoms with Crippen LogP contribution in [-0.4, -0.2) is 20.4 Å². The highest BCUT2D eigenvalue weighted by molar-refractivity contribution is 7.89. The van der Waals surface area contributed by atoms with Crippen molar-refractivity contribution in [3.63, 3.8) is 0 Å². The van der Waals surface area contributed by atoms with Crippen molar-refractivity contribution in [2.75, 3.05) is 0 Å². The lowest BCUT2D eigenvalue weighted by Gasteiger charge is -2.16. The number of nitrogens with one attached hydrogen (secondary N) is 1. The number of primary amides is 1. The molecule has 2 aromatic rings. The first-order valence-corrected chi connectivity index (χ1v) is 8.73. The second-order valence-electron chi connectivity index (χ2n) is 5.20. The molecule has 1 atom stereocenters. The van der Waals surface area contributed by atoms with Gasteiger partial charge in [0.25, 0.3) is 0 Å². The molecule has 0 saturated carbocycles. The van der Waals surface area contributed by atoms with E-state index >= 15 is 0 Å². The number of sulfonamides is 1. The molecule has 2 rings (SSSR count). The van der Waals surface area contributed by atoms with Crippen LogP contribution in [0.4, 0.5) is 0 Å². The van der Waals surface area contributed by atoms with E-state index in [0.717, 1.165) is 18.2 Å². The van der Waals surface area contributed by atoms with Gasteiger partial charge in [0.05, 0.1) is 4.90 Å². The molecule has 0 aromatic heterocycles. The quantitative estimate of drug-likeness (QED) is 0.819. The predicted molar refractivity (Wildman–Crippen MR) is 86.8 cm³/mol. The minimum Gasteiger partial charge on any atom is -0.368 e. The fourth-order valence-electron chi connectivity index (χ4n) is 2.35. The summed E-state index contributed by atoms with van der Waals surface area (Å²) in [6.07, 6.45) is 1.99. The molecule has 0 heterocycles. The Labute approximate surface area is 130 Å². The van der Waals surface area contributed by atoms with Gasteiger partial charge in [-0.3, -0.25) is 4.79 Å². The number of nitrogens with two attached hydrogens (primary N) is 1. The van der Waals surface area contributed by atoms with E-state index in [2.05, 4.69) is 4.72 Å². The Morgan fingerprint density at radius 1 is 1.18 bits per heavy atom. The summed E-state index contributed by atoms with van der Waals surface area (Å²) in [5, 5.41) is 1.45. The van der Waals surface area contributed by atoms with Crippen LogP contribution in [0.3, 0.4) is 0 Å². The molecule has 0 radical (unpaired) electrons. The minimum absolute atomic E-state index is 0.161. The lowest BCUT2D eigenvalue weighted by atomic mass is 10.1. The summed E-state index contributed by atoms with van der Waals surface area (Å²) in [6, 6.07) is 11.4. The van der Waals surface area contributed by atoms with Gasteiger partial charge in [-0.15, -0.1) is 0 Å². The summed E-state index contributed by atoms with van der Waals surface area (Å²) >= 11 is 0. The van der Waals surface area contributed by atoms with Gasteiger partial charge in [-0.1, -0.05) is 56.2 Å². The third-order valence-electron chi connectivity index (χ3n) is 3.53. The monoisotopic (exact) mass is 320 g/mol. The summed E-state index contributed by atoms with van der Waals surface area (Å²) in [4.78, 5) is 11.6. The van der Waals surface area contributed by atoms with Crippen molar-refractivity contribution in [3.05, 3.63) is 42.5 Å². The zero-order valence-corrected chi connectivity index (χ0v) is 13.3. The number of fused-ring (bicyclic) bond motifs is 1. The number of carbonyl (C=O) groups excluding carboxylic acids is 1. The summed E-state index contributed by atoms with van der Waals surface area (Å²) in [5.41, 5.74) is 5.31. The van der Waals surface area contributed by atoms with Crippen molar-refractivity contribution >= 4 is 26.7 Å². The third kappa shape index (κ3) is 3.64. The molecule has 0 aliphatic carbocycles. The molecule has 0 spiro atoms. The minimum atomic E-state index is -3.81. The van der Waals surface area contributed by atoms with Crippen molar-refractivity contribution in [2.24, 2.45) is 5.73 Å². The standard InChI is InChI=1S/C16H20N2O3S/c1-2-3-10-14(16(17)19)18-22(20,21)15-11-6-8-12-7-4-5-9-13(12)15/h4-9,11,14,18H,2-3,10H2,1H3,(H2,17,19)/t14-/m0/s1. The largest absolute Gasteiger partial charge is 0.368 e. The average Bonchev–Trinajstić information content (AvgIpc) is 2.50. The predicted octanol–water partition coefficient (Wildman–Crippen LogP) is 2.16. The number of benzene rings is 2. The van der Waals surface area contributed by atoms with Gasteiger partial charge in [0, 0.05) is 5.39 Å². The number of hydrogen-bond acceptors (Lipinski definition) is 3. The van der Waals surface area contributed by atoms with E-state index in [0.29, 0.717) is 11.8 Å². The molecule has 5 nitrogen and oxygen atoms in total. The number of rotatable bonds is 7. The first kappa shape index (κ1) is 16.5. The van der Waals surface area contributed by atoms with Crippen molar-refractivity contribution in [1.82, 2.24) is 4.72 Å². The Morgan fingerprint density at radius 3 is 2.55 bits per heavy atom. The van der Waals surface area contributed by atoms with E-state index in [1.807, 2.05) is 25.1 Å². The SMILES string of the molecule is CCCC[C@H](NS(=O)(=O)c1cccc2ccccc12)C(N)=O. The van der Waals surface area contributed by atoms with Gasteiger partial charge >= 0.3 is 0 Å². The Hall–Kier alpha value is -1.92. The van der Waals surface area contributed by atoms with E-state index in [1.54, 1.807) is 18.2 Å². The second-order valence-corrected chi connectivity index (χ2v) is 6.88. The molecule has 6 heteroatoms. The van der Waals surface area contributed by atoms with Gasteiger partial charge in [0.15, 0.2) is 0 Å². The van der Waals surface area contributed by atoms with E-state index in [4.69, 9.17) is 5.73 Å². The number of carbonyl (C=O) groups is 1. The van der Waals surface area contributed by atoms with Crippen LogP contribution in [0.15, 0.2) is 47.4 Å². The molecule has 0 saturated heterocycles. The first-order chi connectivity index (χ1) is 10.5. The molecule has 0 unspecified atom stereocenters. The van der Waals surface area contributed by atoms with Gasteiger partial charge in [0.2, 0.25) is 15.9 Å². The van der Waals surface area contributed by atoms with Crippen LogP contribution in [0, 0.1) is 0 Å². The smallest absolute Gasteiger partial charge is 0.241 e. The molecule has 118 valence electrons. The fraction of sp³-hybridized carbons (Fsp3) is 0.312. The Morgan fingerprint density at radius 2 is 1.86 bits per heavy atom. The normalized spacial score (nSPS) is 13.1. The van der Waals surface area contributed by atoms with Crippen molar-refractivity contribution in [1.29, 1.82) is 0 Å². The molecule has 2 aromatic carbocycles. The lowest BCUT2D eigenvalue weighted by Crippen LogP contribution is -2.44. The highest BCUT2D eigenvalue weighted by Crippen LogP contribution is 2.23. The fourth-order valence-corrected chi connectivity index (χ4v) is 3.82. The van der Waals surface area contributed by atoms with E-state index in [1.165, 1.54) is 6.07 Å². The van der Waals surface area contributed by atoms with E-state index < -0.39 is 22.0 Å². The van der Waals surface area contributed by atoms with E-state index in [9.17, 15) is 13.2 Å². The van der Waals surface area contributed by atoms with Gasteiger partial charge in [0.1, 0.15) is 6.04 Å². The highest BCUT2D eigenvalue weighted by atomic mass is 32.2. The summed E-state index contributed by atoms with van der Waals surface area (Å²) in [5.74, 6) is -0.655. The van der Waals surface area contributed by atoms with Crippen LogP contribution in [0.25, 0.3) is 10.8 Å². The zero-order chi connectivity index (χ0) is 16.2. The Bertz CT molecular complexity index is 767. The van der Waals surface area contributed by atoms with Gasteiger partial charge < -0.3 is 5.73 Å². The molecule has 1 amide bonds. The number of unbranched alkanes of at least 4 members (excludes halogenated alkanes) is 1. The summed E-state index contributed by atoms with van der Waals surface area (Å²) < 4.78 is 27.6. The van der Waals surface area contributed by atoms with Crippen LogP contribution in [0.1, 0.15) is 26.2 Å². The van der Waals surface area contributed by atoms with E-state index in [-0.39, 0.29) is 4.90 Å².